The van der Waals surface area contributed by atoms with Crippen molar-refractivity contribution in [2.75, 3.05) is 19.8 Å². The van der Waals surface area contributed by atoms with Gasteiger partial charge in [0.05, 0.1) is 13.2 Å². The van der Waals surface area contributed by atoms with Gasteiger partial charge in [-0.2, -0.15) is 0 Å². The average molecular weight is 233 g/mol. The minimum absolute atomic E-state index is 0.462. The second-order valence-electron chi connectivity index (χ2n) is 4.93. The van der Waals surface area contributed by atoms with Crippen molar-refractivity contribution in [2.24, 2.45) is 5.73 Å². The van der Waals surface area contributed by atoms with E-state index in [1.165, 1.54) is 16.7 Å². The Bertz CT molecular complexity index is 410. The van der Waals surface area contributed by atoms with Crippen molar-refractivity contribution >= 4 is 0 Å². The van der Waals surface area contributed by atoms with E-state index >= 15 is 0 Å². The Labute approximate surface area is 102 Å². The quantitative estimate of drug-likeness (QED) is 0.868. The van der Waals surface area contributed by atoms with E-state index in [-0.39, 0.29) is 0 Å². The Kier molecular flexibility index (Phi) is 2.71. The average Bonchev–Trinajstić information content (AvgIpc) is 2.92. The molecule has 0 spiro atoms. The summed E-state index contributed by atoms with van der Waals surface area (Å²) in [6, 6.07) is 2.17. The first kappa shape index (κ1) is 10.9. The van der Waals surface area contributed by atoms with E-state index in [1.54, 1.807) is 0 Å². The van der Waals surface area contributed by atoms with E-state index in [4.69, 9.17) is 15.2 Å². The van der Waals surface area contributed by atoms with Crippen LogP contribution in [-0.2, 0) is 12.8 Å². The maximum atomic E-state index is 5.83. The van der Waals surface area contributed by atoms with Gasteiger partial charge in [0.25, 0.3) is 0 Å². The molecule has 0 amide bonds. The molecule has 1 aromatic carbocycles. The molecule has 0 bridgehead atoms. The van der Waals surface area contributed by atoms with Gasteiger partial charge in [-0.1, -0.05) is 6.92 Å². The SMILES string of the molecule is CC(CCN)c1c2c(cc3c1OCC3)OCC2. The van der Waals surface area contributed by atoms with Crippen LogP contribution in [-0.4, -0.2) is 19.8 Å². The van der Waals surface area contributed by atoms with Gasteiger partial charge >= 0.3 is 0 Å². The van der Waals surface area contributed by atoms with Crippen LogP contribution >= 0.6 is 0 Å². The van der Waals surface area contributed by atoms with E-state index < -0.39 is 0 Å². The smallest absolute Gasteiger partial charge is 0.126 e. The molecular formula is C14H19NO2. The monoisotopic (exact) mass is 233 g/mol. The fraction of sp³-hybridized carbons (Fsp3) is 0.571. The van der Waals surface area contributed by atoms with Crippen LogP contribution in [0.1, 0.15) is 36.0 Å². The fourth-order valence-corrected chi connectivity index (χ4v) is 2.94. The van der Waals surface area contributed by atoms with Crippen LogP contribution in [0, 0.1) is 0 Å². The van der Waals surface area contributed by atoms with Gasteiger partial charge in [0.1, 0.15) is 11.5 Å². The summed E-state index contributed by atoms with van der Waals surface area (Å²) in [6.07, 6.45) is 3.02. The standard InChI is InChI=1S/C14H19NO2/c1-9(2-5-15)13-11-4-7-16-12(11)8-10-3-6-17-14(10)13/h8-9H,2-7,15H2,1H3. The van der Waals surface area contributed by atoms with Crippen LogP contribution in [0.4, 0.5) is 0 Å². The maximum Gasteiger partial charge on any atom is 0.126 e. The first-order valence-corrected chi connectivity index (χ1v) is 6.45. The molecule has 17 heavy (non-hydrogen) atoms. The van der Waals surface area contributed by atoms with E-state index in [2.05, 4.69) is 13.0 Å². The molecule has 0 aromatic heterocycles. The Balaban J connectivity index is 2.11. The number of benzene rings is 1. The lowest BCUT2D eigenvalue weighted by molar-refractivity contribution is 0.350. The highest BCUT2D eigenvalue weighted by Crippen LogP contribution is 2.44. The van der Waals surface area contributed by atoms with Crippen LogP contribution in [0.25, 0.3) is 0 Å². The minimum atomic E-state index is 0.462. The summed E-state index contributed by atoms with van der Waals surface area (Å²) in [4.78, 5) is 0. The van der Waals surface area contributed by atoms with Crippen LogP contribution in [0.15, 0.2) is 6.07 Å². The van der Waals surface area contributed by atoms with Gasteiger partial charge < -0.3 is 15.2 Å². The summed E-state index contributed by atoms with van der Waals surface area (Å²) in [6.45, 7) is 4.57. The summed E-state index contributed by atoms with van der Waals surface area (Å²) in [5, 5.41) is 0. The summed E-state index contributed by atoms with van der Waals surface area (Å²) in [5.74, 6) is 2.66. The highest BCUT2D eigenvalue weighted by Gasteiger charge is 2.28. The highest BCUT2D eigenvalue weighted by molar-refractivity contribution is 5.57. The van der Waals surface area contributed by atoms with E-state index in [1.807, 2.05) is 0 Å². The van der Waals surface area contributed by atoms with Gasteiger partial charge in [-0.15, -0.1) is 0 Å². The first-order chi connectivity index (χ1) is 8.31. The van der Waals surface area contributed by atoms with Crippen molar-refractivity contribution in [2.45, 2.75) is 32.1 Å². The maximum absolute atomic E-state index is 5.83. The molecule has 3 heteroatoms. The first-order valence-electron chi connectivity index (χ1n) is 6.45. The molecule has 0 saturated carbocycles. The van der Waals surface area contributed by atoms with Gasteiger partial charge in [-0.3, -0.25) is 0 Å². The van der Waals surface area contributed by atoms with Crippen LogP contribution in [0.2, 0.25) is 0 Å². The minimum Gasteiger partial charge on any atom is -0.493 e. The molecular weight excluding hydrogens is 214 g/mol. The van der Waals surface area contributed by atoms with Crippen molar-refractivity contribution in [3.8, 4) is 11.5 Å². The van der Waals surface area contributed by atoms with Crippen LogP contribution < -0.4 is 15.2 Å². The van der Waals surface area contributed by atoms with Gasteiger partial charge in [0.2, 0.25) is 0 Å². The molecule has 3 rings (SSSR count). The molecule has 1 aromatic rings. The van der Waals surface area contributed by atoms with Crippen LogP contribution in [0.5, 0.6) is 11.5 Å². The van der Waals surface area contributed by atoms with Crippen LogP contribution in [0.3, 0.4) is 0 Å². The lowest BCUT2D eigenvalue weighted by Gasteiger charge is -2.18. The molecule has 0 fully saturated rings. The lowest BCUT2D eigenvalue weighted by atomic mass is 9.89. The summed E-state index contributed by atoms with van der Waals surface area (Å²) < 4.78 is 11.5. The Morgan fingerprint density at radius 2 is 2.12 bits per heavy atom. The van der Waals surface area contributed by atoms with Crippen molar-refractivity contribution in [1.29, 1.82) is 0 Å². The number of rotatable bonds is 3. The molecule has 0 radical (unpaired) electrons. The number of ether oxygens (including phenoxy) is 2. The Hall–Kier alpha value is -1.22. The zero-order chi connectivity index (χ0) is 11.8. The number of hydrogen-bond donors (Lipinski definition) is 1. The molecule has 1 unspecified atom stereocenters. The second-order valence-corrected chi connectivity index (χ2v) is 4.93. The normalized spacial score (nSPS) is 18.2. The van der Waals surface area contributed by atoms with E-state index in [0.29, 0.717) is 5.92 Å². The zero-order valence-corrected chi connectivity index (χ0v) is 10.3. The van der Waals surface area contributed by atoms with Crippen molar-refractivity contribution in [3.05, 3.63) is 22.8 Å². The number of hydrogen-bond acceptors (Lipinski definition) is 3. The van der Waals surface area contributed by atoms with E-state index in [9.17, 15) is 0 Å². The van der Waals surface area contributed by atoms with E-state index in [0.717, 1.165) is 50.5 Å². The van der Waals surface area contributed by atoms with Crippen molar-refractivity contribution < 1.29 is 9.47 Å². The zero-order valence-electron chi connectivity index (χ0n) is 10.3. The highest BCUT2D eigenvalue weighted by atomic mass is 16.5. The molecule has 0 aliphatic carbocycles. The Morgan fingerprint density at radius 1 is 1.29 bits per heavy atom. The predicted octanol–water partition coefficient (Wildman–Crippen LogP) is 2.01. The van der Waals surface area contributed by atoms with Crippen molar-refractivity contribution in [1.82, 2.24) is 0 Å². The summed E-state index contributed by atoms with van der Waals surface area (Å²) >= 11 is 0. The topological polar surface area (TPSA) is 44.5 Å². The van der Waals surface area contributed by atoms with Gasteiger partial charge in [0, 0.05) is 29.5 Å². The third-order valence-corrected chi connectivity index (χ3v) is 3.78. The third-order valence-electron chi connectivity index (χ3n) is 3.78. The number of nitrogens with two attached hydrogens (primary N) is 1. The Morgan fingerprint density at radius 3 is 2.94 bits per heavy atom. The second kappa shape index (κ2) is 4.22. The predicted molar refractivity (Wildman–Crippen MR) is 66.9 cm³/mol. The molecule has 2 N–H and O–H groups in total. The van der Waals surface area contributed by atoms with Gasteiger partial charge in [-0.25, -0.2) is 0 Å². The molecule has 0 saturated heterocycles. The van der Waals surface area contributed by atoms with Gasteiger partial charge in [0.15, 0.2) is 0 Å². The van der Waals surface area contributed by atoms with Gasteiger partial charge in [-0.05, 0) is 24.9 Å². The molecule has 2 aliphatic rings. The number of fused-ring (bicyclic) bond motifs is 2. The summed E-state index contributed by atoms with van der Waals surface area (Å²) in [5.41, 5.74) is 9.71. The largest absolute Gasteiger partial charge is 0.493 e. The molecule has 3 nitrogen and oxygen atoms in total. The fourth-order valence-electron chi connectivity index (χ4n) is 2.94. The summed E-state index contributed by atoms with van der Waals surface area (Å²) in [7, 11) is 0. The molecule has 92 valence electrons. The third kappa shape index (κ3) is 1.69. The molecule has 2 aliphatic heterocycles. The van der Waals surface area contributed by atoms with Crippen molar-refractivity contribution in [3.63, 3.8) is 0 Å². The molecule has 2 heterocycles. The molecule has 1 atom stereocenters. The lowest BCUT2D eigenvalue weighted by Crippen LogP contribution is -2.07.